The highest BCUT2D eigenvalue weighted by atomic mass is 32.3. The van der Waals surface area contributed by atoms with Crippen LogP contribution in [0.25, 0.3) is 0 Å². The monoisotopic (exact) mass is 169 g/mol. The van der Waals surface area contributed by atoms with Crippen LogP contribution >= 0.6 is 37.6 Å². The van der Waals surface area contributed by atoms with Gasteiger partial charge in [0.2, 0.25) is 0 Å². The fraction of sp³-hybridized carbons (Fsp3) is 1.00. The van der Waals surface area contributed by atoms with Crippen LogP contribution in [-0.2, 0) is 0 Å². The Bertz CT molecular complexity index is 66.2. The molecule has 1 nitrogen and oxygen atoms in total. The van der Waals surface area contributed by atoms with Crippen LogP contribution in [0.3, 0.4) is 0 Å². The maximum atomic E-state index is 3.95. The Hall–Kier alpha value is 1.01. The van der Waals surface area contributed by atoms with Gasteiger partial charge in [-0.05, 0) is 20.8 Å². The van der Waals surface area contributed by atoms with Crippen LogP contribution in [0.1, 0.15) is 20.8 Å². The van der Waals surface area contributed by atoms with Gasteiger partial charge < -0.3 is 0 Å². The van der Waals surface area contributed by atoms with Crippen LogP contribution in [0.4, 0.5) is 0 Å². The van der Waals surface area contributed by atoms with Crippen LogP contribution in [0.5, 0.6) is 0 Å². The number of thiol groups is 2. The summed E-state index contributed by atoms with van der Waals surface area (Å²) < 4.78 is 1.73. The average molecular weight is 169 g/mol. The summed E-state index contributed by atoms with van der Waals surface area (Å²) in [4.78, 5) is 0. The summed E-state index contributed by atoms with van der Waals surface area (Å²) in [5.41, 5.74) is 0. The molecular formula is C4H11NS3. The molecule has 0 atom stereocenters. The van der Waals surface area contributed by atoms with Crippen molar-refractivity contribution in [3.63, 3.8) is 0 Å². The maximum absolute atomic E-state index is 3.95. The molecule has 0 heterocycles. The molecule has 0 aromatic carbocycles. The van der Waals surface area contributed by atoms with Crippen molar-refractivity contribution in [2.75, 3.05) is 0 Å². The summed E-state index contributed by atoms with van der Waals surface area (Å²) in [6.07, 6.45) is 0. The van der Waals surface area contributed by atoms with Crippen molar-refractivity contribution in [2.24, 2.45) is 0 Å². The van der Waals surface area contributed by atoms with Crippen molar-refractivity contribution in [1.29, 1.82) is 0 Å². The fourth-order valence-corrected chi connectivity index (χ4v) is 2.20. The van der Waals surface area contributed by atoms with E-state index in [2.05, 4.69) is 46.4 Å². The van der Waals surface area contributed by atoms with E-state index in [9.17, 15) is 0 Å². The zero-order valence-electron chi connectivity index (χ0n) is 5.25. The molecule has 0 saturated carbocycles. The largest absolute Gasteiger partial charge is 0.143 e. The van der Waals surface area contributed by atoms with Gasteiger partial charge in [0.15, 0.2) is 0 Å². The molecular weight excluding hydrogens is 158 g/mol. The lowest BCUT2D eigenvalue weighted by molar-refractivity contribution is 0.795. The van der Waals surface area contributed by atoms with Crippen LogP contribution < -0.4 is 0 Å². The molecule has 0 bridgehead atoms. The van der Waals surface area contributed by atoms with Crippen molar-refractivity contribution in [3.8, 4) is 0 Å². The van der Waals surface area contributed by atoms with Gasteiger partial charge in [0.05, 0.1) is 0 Å². The third kappa shape index (κ3) is 7.01. The van der Waals surface area contributed by atoms with Gasteiger partial charge in [-0.3, -0.25) is 0 Å². The molecule has 8 heavy (non-hydrogen) atoms. The zero-order valence-corrected chi connectivity index (χ0v) is 7.86. The highest BCUT2D eigenvalue weighted by Gasteiger charge is 2.12. The summed E-state index contributed by atoms with van der Waals surface area (Å²) in [7, 11) is 0. The smallest absolute Gasteiger partial charge is 0.0240 e. The topological polar surface area (TPSA) is 3.24 Å². The molecule has 0 aliphatic rings. The number of nitrogens with zero attached hydrogens (tertiary/aromatic N) is 1. The molecule has 0 fully saturated rings. The van der Waals surface area contributed by atoms with Crippen LogP contribution in [-0.4, -0.2) is 7.86 Å². The highest BCUT2D eigenvalue weighted by molar-refractivity contribution is 8.16. The molecule has 0 radical (unpaired) electrons. The van der Waals surface area contributed by atoms with Crippen LogP contribution in [0.2, 0.25) is 0 Å². The van der Waals surface area contributed by atoms with Crippen LogP contribution in [0.15, 0.2) is 0 Å². The molecule has 0 N–H and O–H groups in total. The third-order valence-electron chi connectivity index (χ3n) is 0.356. The van der Waals surface area contributed by atoms with Gasteiger partial charge in [-0.15, -0.1) is 3.12 Å². The van der Waals surface area contributed by atoms with Crippen molar-refractivity contribution >= 4 is 37.6 Å². The Morgan fingerprint density at radius 2 is 1.62 bits per heavy atom. The zero-order chi connectivity index (χ0) is 6.78. The van der Waals surface area contributed by atoms with Crippen molar-refractivity contribution < 1.29 is 0 Å². The fourth-order valence-electron chi connectivity index (χ4n) is 0.245. The van der Waals surface area contributed by atoms with E-state index in [1.807, 2.05) is 0 Å². The summed E-state index contributed by atoms with van der Waals surface area (Å²) in [5.74, 6) is 0. The predicted octanol–water partition coefficient (Wildman–Crippen LogP) is 2.42. The molecule has 0 aromatic heterocycles. The Labute approximate surface area is 66.4 Å². The predicted molar refractivity (Wildman–Crippen MR) is 47.2 cm³/mol. The molecule has 0 aliphatic carbocycles. The molecule has 0 aromatic rings. The van der Waals surface area contributed by atoms with E-state index < -0.39 is 0 Å². The molecule has 4 heteroatoms. The first kappa shape index (κ1) is 9.01. The minimum Gasteiger partial charge on any atom is -0.143 e. The van der Waals surface area contributed by atoms with E-state index in [1.54, 1.807) is 11.9 Å². The quantitative estimate of drug-likeness (QED) is 0.458. The normalized spacial score (nSPS) is 12.8. The van der Waals surface area contributed by atoms with Gasteiger partial charge in [-0.25, -0.2) is 0 Å². The second-order valence-electron chi connectivity index (χ2n) is 2.46. The standard InChI is InChI=1S/C4H11NS3/c1-4(2,3)8-5(6)7/h6-7H,1-3H3. The molecule has 0 spiro atoms. The number of rotatable bonds is 1. The maximum Gasteiger partial charge on any atom is 0.0240 e. The molecule has 0 unspecified atom stereocenters. The van der Waals surface area contributed by atoms with Crippen molar-refractivity contribution in [1.82, 2.24) is 3.12 Å². The number of hydrogen-bond donors (Lipinski definition) is 2. The molecule has 0 rings (SSSR count). The number of hydrogen-bond acceptors (Lipinski definition) is 4. The Morgan fingerprint density at radius 1 is 1.25 bits per heavy atom. The molecule has 50 valence electrons. The van der Waals surface area contributed by atoms with E-state index in [0.29, 0.717) is 0 Å². The minimum atomic E-state index is 0.212. The first-order chi connectivity index (χ1) is 3.42. The average Bonchev–Trinajstić information content (AvgIpc) is 1.21. The van der Waals surface area contributed by atoms with E-state index in [0.717, 1.165) is 0 Å². The van der Waals surface area contributed by atoms with Gasteiger partial charge in [0.1, 0.15) is 0 Å². The summed E-state index contributed by atoms with van der Waals surface area (Å²) >= 11 is 9.48. The lowest BCUT2D eigenvalue weighted by Crippen LogP contribution is -2.10. The van der Waals surface area contributed by atoms with Gasteiger partial charge >= 0.3 is 0 Å². The first-order valence-corrected chi connectivity index (χ1v) is 3.86. The van der Waals surface area contributed by atoms with E-state index in [1.165, 1.54) is 3.12 Å². The van der Waals surface area contributed by atoms with E-state index in [-0.39, 0.29) is 4.75 Å². The van der Waals surface area contributed by atoms with Crippen molar-refractivity contribution in [3.05, 3.63) is 0 Å². The summed E-state index contributed by atoms with van der Waals surface area (Å²) in [5, 5.41) is 0. The van der Waals surface area contributed by atoms with E-state index in [4.69, 9.17) is 0 Å². The van der Waals surface area contributed by atoms with Crippen LogP contribution in [0, 0.1) is 0 Å². The molecule has 0 aliphatic heterocycles. The summed E-state index contributed by atoms with van der Waals surface area (Å²) in [6.45, 7) is 6.32. The second-order valence-corrected chi connectivity index (χ2v) is 5.89. The Kier molecular flexibility index (Phi) is 3.66. The van der Waals surface area contributed by atoms with Gasteiger partial charge in [-0.1, -0.05) is 37.6 Å². The van der Waals surface area contributed by atoms with Gasteiger partial charge in [0.25, 0.3) is 0 Å². The Morgan fingerprint density at radius 3 is 1.62 bits per heavy atom. The molecule has 0 amide bonds. The minimum absolute atomic E-state index is 0.212. The van der Waals surface area contributed by atoms with Gasteiger partial charge in [0, 0.05) is 4.75 Å². The first-order valence-electron chi connectivity index (χ1n) is 2.29. The Balaban J connectivity index is 3.39. The van der Waals surface area contributed by atoms with Crippen molar-refractivity contribution in [2.45, 2.75) is 25.5 Å². The lowest BCUT2D eigenvalue weighted by Gasteiger charge is -2.19. The highest BCUT2D eigenvalue weighted by Crippen LogP contribution is 2.29. The summed E-state index contributed by atoms with van der Waals surface area (Å²) in [6, 6.07) is 0. The van der Waals surface area contributed by atoms with Gasteiger partial charge in [-0.2, -0.15) is 0 Å². The SMILES string of the molecule is CC(C)(C)SN(S)S. The van der Waals surface area contributed by atoms with E-state index >= 15 is 0 Å². The lowest BCUT2D eigenvalue weighted by atomic mass is 10.3. The second kappa shape index (κ2) is 3.25. The molecule has 0 saturated heterocycles. The third-order valence-corrected chi connectivity index (χ3v) is 1.56.